The van der Waals surface area contributed by atoms with E-state index in [2.05, 4.69) is 38.8 Å². The fourth-order valence-corrected chi connectivity index (χ4v) is 4.18. The first-order chi connectivity index (χ1) is 15.2. The van der Waals surface area contributed by atoms with Crippen molar-refractivity contribution < 1.29 is 4.74 Å². The number of hydrogen-bond donors (Lipinski definition) is 0. The van der Waals surface area contributed by atoms with E-state index in [4.69, 9.17) is 4.74 Å². The molecule has 2 aromatic heterocycles. The fraction of sp³-hybridized carbons (Fsp3) is 0.160. The Labute approximate surface area is 185 Å². The predicted octanol–water partition coefficient (Wildman–Crippen LogP) is 4.58. The molecule has 0 fully saturated rings. The highest BCUT2D eigenvalue weighted by Gasteiger charge is 2.12. The standard InChI is InChI=1S/C25H23N3O2S/c1-30-23-15-21(12-13-26-23)14-22-17-28(16-19-8-4-2-5-9-19)25(27-24(22)29)31-18-20-10-6-3-7-11-20/h2-13,15,17H,14,16,18H2,1H3. The first-order valence-electron chi connectivity index (χ1n) is 10.0. The molecule has 31 heavy (non-hydrogen) atoms. The molecule has 0 spiro atoms. The molecule has 0 aliphatic heterocycles. The quantitative estimate of drug-likeness (QED) is 0.303. The molecule has 0 atom stereocenters. The summed E-state index contributed by atoms with van der Waals surface area (Å²) in [6, 6.07) is 24.1. The van der Waals surface area contributed by atoms with Crippen molar-refractivity contribution in [1.82, 2.24) is 14.5 Å². The van der Waals surface area contributed by atoms with E-state index in [-0.39, 0.29) is 5.56 Å². The molecule has 2 aromatic carbocycles. The summed E-state index contributed by atoms with van der Waals surface area (Å²) < 4.78 is 7.27. The van der Waals surface area contributed by atoms with E-state index < -0.39 is 0 Å². The molecule has 5 nitrogen and oxygen atoms in total. The first kappa shape index (κ1) is 20.9. The van der Waals surface area contributed by atoms with Crippen molar-refractivity contribution >= 4 is 11.8 Å². The highest BCUT2D eigenvalue weighted by molar-refractivity contribution is 7.98. The van der Waals surface area contributed by atoms with E-state index in [1.54, 1.807) is 25.1 Å². The van der Waals surface area contributed by atoms with Crippen LogP contribution in [0.15, 0.2) is 95.1 Å². The van der Waals surface area contributed by atoms with E-state index in [9.17, 15) is 4.79 Å². The monoisotopic (exact) mass is 429 g/mol. The largest absolute Gasteiger partial charge is 0.481 e. The van der Waals surface area contributed by atoms with Crippen LogP contribution in [0.2, 0.25) is 0 Å². The number of benzene rings is 2. The van der Waals surface area contributed by atoms with Gasteiger partial charge in [-0.05, 0) is 22.8 Å². The average molecular weight is 430 g/mol. The maximum atomic E-state index is 12.8. The van der Waals surface area contributed by atoms with Crippen LogP contribution in [0.5, 0.6) is 5.88 Å². The maximum Gasteiger partial charge on any atom is 0.277 e. The third-order valence-corrected chi connectivity index (χ3v) is 5.90. The van der Waals surface area contributed by atoms with Gasteiger partial charge in [0.15, 0.2) is 5.16 Å². The van der Waals surface area contributed by atoms with Crippen LogP contribution in [-0.2, 0) is 18.7 Å². The summed E-state index contributed by atoms with van der Waals surface area (Å²) in [5.74, 6) is 1.29. The summed E-state index contributed by atoms with van der Waals surface area (Å²) >= 11 is 1.58. The van der Waals surface area contributed by atoms with E-state index in [0.717, 1.165) is 16.9 Å². The van der Waals surface area contributed by atoms with Crippen LogP contribution in [0.4, 0.5) is 0 Å². The Hall–Kier alpha value is -3.38. The highest BCUT2D eigenvalue weighted by atomic mass is 32.2. The summed E-state index contributed by atoms with van der Waals surface area (Å²) in [7, 11) is 1.58. The molecular formula is C25H23N3O2S. The molecule has 0 saturated carbocycles. The van der Waals surface area contributed by atoms with Crippen LogP contribution in [0.3, 0.4) is 0 Å². The average Bonchev–Trinajstić information content (AvgIpc) is 2.81. The van der Waals surface area contributed by atoms with Gasteiger partial charge >= 0.3 is 0 Å². The molecule has 0 saturated heterocycles. The lowest BCUT2D eigenvalue weighted by Crippen LogP contribution is -2.20. The van der Waals surface area contributed by atoms with Crippen LogP contribution >= 0.6 is 11.8 Å². The van der Waals surface area contributed by atoms with Gasteiger partial charge in [0.05, 0.1) is 7.11 Å². The summed E-state index contributed by atoms with van der Waals surface area (Å²) in [4.78, 5) is 21.4. The second-order valence-electron chi connectivity index (χ2n) is 7.12. The van der Waals surface area contributed by atoms with Crippen LogP contribution in [0.25, 0.3) is 0 Å². The number of hydrogen-bond acceptors (Lipinski definition) is 5. The SMILES string of the molecule is COc1cc(Cc2cn(Cc3ccccc3)c(SCc3ccccc3)nc2=O)ccn1. The van der Waals surface area contributed by atoms with Gasteiger partial charge in [-0.1, -0.05) is 72.4 Å². The molecule has 4 aromatic rings. The van der Waals surface area contributed by atoms with Gasteiger partial charge in [-0.15, -0.1) is 0 Å². The van der Waals surface area contributed by atoms with Gasteiger partial charge < -0.3 is 9.30 Å². The van der Waals surface area contributed by atoms with Gasteiger partial charge in [0.2, 0.25) is 5.88 Å². The summed E-state index contributed by atoms with van der Waals surface area (Å²) in [6.07, 6.45) is 4.10. The third-order valence-electron chi connectivity index (χ3n) is 4.84. The van der Waals surface area contributed by atoms with Gasteiger partial charge in [-0.25, -0.2) is 4.98 Å². The van der Waals surface area contributed by atoms with Gasteiger partial charge in [-0.3, -0.25) is 4.79 Å². The van der Waals surface area contributed by atoms with E-state index in [0.29, 0.717) is 29.6 Å². The molecule has 0 aliphatic carbocycles. The van der Waals surface area contributed by atoms with Crippen LogP contribution in [-0.4, -0.2) is 21.6 Å². The number of ether oxygens (including phenoxy) is 1. The van der Waals surface area contributed by atoms with Crippen molar-refractivity contribution in [2.24, 2.45) is 0 Å². The van der Waals surface area contributed by atoms with Crippen molar-refractivity contribution in [3.8, 4) is 5.88 Å². The lowest BCUT2D eigenvalue weighted by atomic mass is 10.1. The number of thioether (sulfide) groups is 1. The van der Waals surface area contributed by atoms with Crippen molar-refractivity contribution in [3.63, 3.8) is 0 Å². The molecule has 2 heterocycles. The molecular weight excluding hydrogens is 406 g/mol. The second-order valence-corrected chi connectivity index (χ2v) is 8.07. The Bertz CT molecular complexity index is 1190. The number of nitrogens with zero attached hydrogens (tertiary/aromatic N) is 3. The molecule has 156 valence electrons. The molecule has 0 bridgehead atoms. The molecule has 4 rings (SSSR count). The van der Waals surface area contributed by atoms with Gasteiger partial charge in [0.25, 0.3) is 5.56 Å². The second kappa shape index (κ2) is 10.1. The van der Waals surface area contributed by atoms with Gasteiger partial charge in [0.1, 0.15) is 0 Å². The van der Waals surface area contributed by atoms with Crippen molar-refractivity contribution in [2.45, 2.75) is 23.9 Å². The molecule has 0 unspecified atom stereocenters. The van der Waals surface area contributed by atoms with Crippen LogP contribution < -0.4 is 10.3 Å². The van der Waals surface area contributed by atoms with E-state index in [1.807, 2.05) is 54.7 Å². The number of methoxy groups -OCH3 is 1. The minimum absolute atomic E-state index is 0.198. The Morgan fingerprint density at radius 3 is 2.35 bits per heavy atom. The zero-order chi connectivity index (χ0) is 21.5. The van der Waals surface area contributed by atoms with E-state index in [1.165, 1.54) is 5.56 Å². The Morgan fingerprint density at radius 1 is 0.935 bits per heavy atom. The molecule has 0 aliphatic rings. The summed E-state index contributed by atoms with van der Waals surface area (Å²) in [5.41, 5.74) is 3.76. The highest BCUT2D eigenvalue weighted by Crippen LogP contribution is 2.22. The maximum absolute atomic E-state index is 12.8. The summed E-state index contributed by atoms with van der Waals surface area (Å²) in [5, 5.41) is 0.716. The lowest BCUT2D eigenvalue weighted by molar-refractivity contribution is 0.397. The zero-order valence-corrected chi connectivity index (χ0v) is 18.1. The van der Waals surface area contributed by atoms with Crippen LogP contribution in [0, 0.1) is 0 Å². The predicted molar refractivity (Wildman–Crippen MR) is 124 cm³/mol. The van der Waals surface area contributed by atoms with Gasteiger partial charge in [-0.2, -0.15) is 4.98 Å². The number of rotatable bonds is 8. The topological polar surface area (TPSA) is 57.0 Å². The lowest BCUT2D eigenvalue weighted by Gasteiger charge is -2.14. The fourth-order valence-electron chi connectivity index (χ4n) is 3.27. The summed E-state index contributed by atoms with van der Waals surface area (Å²) in [6.45, 7) is 0.651. The van der Waals surface area contributed by atoms with E-state index >= 15 is 0 Å². The Balaban J connectivity index is 1.65. The van der Waals surface area contributed by atoms with Crippen molar-refractivity contribution in [1.29, 1.82) is 0 Å². The molecule has 6 heteroatoms. The molecule has 0 radical (unpaired) electrons. The Kier molecular flexibility index (Phi) is 6.79. The molecule has 0 N–H and O–H groups in total. The zero-order valence-electron chi connectivity index (χ0n) is 17.3. The Morgan fingerprint density at radius 2 is 1.65 bits per heavy atom. The minimum atomic E-state index is -0.198. The third kappa shape index (κ3) is 5.61. The van der Waals surface area contributed by atoms with Gasteiger partial charge in [0, 0.05) is 42.7 Å². The molecule has 0 amide bonds. The van der Waals surface area contributed by atoms with Crippen LogP contribution in [0.1, 0.15) is 22.3 Å². The smallest absolute Gasteiger partial charge is 0.277 e. The van der Waals surface area contributed by atoms with Crippen molar-refractivity contribution in [2.75, 3.05) is 7.11 Å². The number of pyridine rings is 1. The van der Waals surface area contributed by atoms with Crippen molar-refractivity contribution in [3.05, 3.63) is 118 Å². The number of aromatic nitrogens is 3. The normalized spacial score (nSPS) is 10.7. The first-order valence-corrected chi connectivity index (χ1v) is 11.0. The minimum Gasteiger partial charge on any atom is -0.481 e.